The van der Waals surface area contributed by atoms with Gasteiger partial charge in [0.1, 0.15) is 0 Å². The monoisotopic (exact) mass is 275 g/mol. The molecule has 112 valence electrons. The Labute approximate surface area is 123 Å². The normalized spacial score (nSPS) is 26.4. The molecule has 1 aromatic rings. The molecule has 1 fully saturated rings. The molecule has 0 amide bonds. The van der Waals surface area contributed by atoms with Gasteiger partial charge in [-0.2, -0.15) is 0 Å². The fourth-order valence-corrected chi connectivity index (χ4v) is 3.39. The zero-order valence-corrected chi connectivity index (χ0v) is 13.2. The van der Waals surface area contributed by atoms with Crippen molar-refractivity contribution in [2.24, 2.45) is 11.1 Å². The molecule has 1 unspecified atom stereocenters. The number of hydrogen-bond donors (Lipinski definition) is 1. The van der Waals surface area contributed by atoms with Crippen molar-refractivity contribution in [2.45, 2.75) is 58.0 Å². The molecule has 2 rings (SSSR count). The van der Waals surface area contributed by atoms with E-state index in [1.54, 1.807) is 0 Å². The highest BCUT2D eigenvalue weighted by Crippen LogP contribution is 2.40. The van der Waals surface area contributed by atoms with E-state index >= 15 is 0 Å². The second kappa shape index (κ2) is 6.23. The Bertz CT molecular complexity index is 416. The van der Waals surface area contributed by atoms with E-state index in [-0.39, 0.29) is 5.54 Å². The molecule has 2 N–H and O–H groups in total. The lowest BCUT2D eigenvalue weighted by Gasteiger charge is -2.41. The lowest BCUT2D eigenvalue weighted by Crippen LogP contribution is -2.51. The van der Waals surface area contributed by atoms with E-state index in [1.807, 2.05) is 12.4 Å². The van der Waals surface area contributed by atoms with Gasteiger partial charge in [-0.3, -0.25) is 9.88 Å². The van der Waals surface area contributed by atoms with Gasteiger partial charge in [-0.05, 0) is 55.8 Å². The van der Waals surface area contributed by atoms with Gasteiger partial charge in [-0.1, -0.05) is 20.3 Å². The Morgan fingerprint density at radius 1 is 1.15 bits per heavy atom. The molecule has 1 atom stereocenters. The van der Waals surface area contributed by atoms with Gasteiger partial charge in [0.25, 0.3) is 0 Å². The summed E-state index contributed by atoms with van der Waals surface area (Å²) in [6.45, 7) is 6.50. The van der Waals surface area contributed by atoms with E-state index in [0.29, 0.717) is 5.41 Å². The molecule has 1 aliphatic rings. The maximum atomic E-state index is 6.20. The number of aromatic nitrogens is 1. The van der Waals surface area contributed by atoms with Crippen LogP contribution in [0.1, 0.15) is 51.5 Å². The first-order valence-electron chi connectivity index (χ1n) is 7.78. The number of pyridine rings is 1. The van der Waals surface area contributed by atoms with Gasteiger partial charge in [-0.15, -0.1) is 0 Å². The van der Waals surface area contributed by atoms with Gasteiger partial charge in [-0.25, -0.2) is 0 Å². The standard InChI is InChI=1S/C17H29N3/c1-16(2)7-4-8-17(14-18,10-9-16)20(3)13-15-5-11-19-12-6-15/h5-6,11-12H,4,7-10,13-14,18H2,1-3H3. The lowest BCUT2D eigenvalue weighted by atomic mass is 9.83. The minimum atomic E-state index is 0.164. The van der Waals surface area contributed by atoms with Crippen molar-refractivity contribution in [3.8, 4) is 0 Å². The van der Waals surface area contributed by atoms with Crippen molar-refractivity contribution < 1.29 is 0 Å². The summed E-state index contributed by atoms with van der Waals surface area (Å²) in [6.07, 6.45) is 10.0. The fourth-order valence-electron chi connectivity index (χ4n) is 3.39. The number of nitrogens with zero attached hydrogens (tertiary/aromatic N) is 2. The van der Waals surface area contributed by atoms with Crippen LogP contribution in [0.5, 0.6) is 0 Å². The van der Waals surface area contributed by atoms with Crippen molar-refractivity contribution in [1.29, 1.82) is 0 Å². The molecule has 0 bridgehead atoms. The van der Waals surface area contributed by atoms with Gasteiger partial charge >= 0.3 is 0 Å². The average molecular weight is 275 g/mol. The summed E-state index contributed by atoms with van der Waals surface area (Å²) in [7, 11) is 2.23. The topological polar surface area (TPSA) is 42.2 Å². The molecule has 1 aliphatic carbocycles. The Balaban J connectivity index is 2.09. The Morgan fingerprint density at radius 3 is 2.50 bits per heavy atom. The van der Waals surface area contributed by atoms with E-state index in [0.717, 1.165) is 13.1 Å². The second-order valence-electron chi connectivity index (χ2n) is 7.16. The molecular formula is C17H29N3. The third-order valence-electron chi connectivity index (χ3n) is 5.12. The maximum Gasteiger partial charge on any atom is 0.0332 e. The van der Waals surface area contributed by atoms with Crippen LogP contribution in [0.3, 0.4) is 0 Å². The molecule has 0 aromatic carbocycles. The van der Waals surface area contributed by atoms with Crippen LogP contribution in [-0.2, 0) is 6.54 Å². The third kappa shape index (κ3) is 3.58. The predicted molar refractivity (Wildman–Crippen MR) is 84.4 cm³/mol. The minimum Gasteiger partial charge on any atom is -0.329 e. The first-order chi connectivity index (χ1) is 9.47. The number of likely N-dealkylation sites (N-methyl/N-ethyl adjacent to an activating group) is 1. The second-order valence-corrected chi connectivity index (χ2v) is 7.16. The first-order valence-corrected chi connectivity index (χ1v) is 7.78. The zero-order chi connectivity index (χ0) is 14.6. The summed E-state index contributed by atoms with van der Waals surface area (Å²) >= 11 is 0. The van der Waals surface area contributed by atoms with Crippen LogP contribution in [0.25, 0.3) is 0 Å². The zero-order valence-electron chi connectivity index (χ0n) is 13.2. The summed E-state index contributed by atoms with van der Waals surface area (Å²) < 4.78 is 0. The van der Waals surface area contributed by atoms with Gasteiger partial charge in [0.15, 0.2) is 0 Å². The molecule has 0 aliphatic heterocycles. The van der Waals surface area contributed by atoms with Crippen LogP contribution in [0.15, 0.2) is 24.5 Å². The van der Waals surface area contributed by atoms with Crippen molar-refractivity contribution >= 4 is 0 Å². The van der Waals surface area contributed by atoms with Gasteiger partial charge in [0.2, 0.25) is 0 Å². The number of nitrogens with two attached hydrogens (primary N) is 1. The summed E-state index contributed by atoms with van der Waals surface area (Å²) in [5, 5.41) is 0. The molecule has 0 saturated heterocycles. The largest absolute Gasteiger partial charge is 0.329 e. The highest BCUT2D eigenvalue weighted by molar-refractivity contribution is 5.10. The fraction of sp³-hybridized carbons (Fsp3) is 0.706. The minimum absolute atomic E-state index is 0.164. The number of hydrogen-bond acceptors (Lipinski definition) is 3. The van der Waals surface area contributed by atoms with Gasteiger partial charge < -0.3 is 5.73 Å². The average Bonchev–Trinajstić information content (AvgIpc) is 2.59. The van der Waals surface area contributed by atoms with E-state index in [9.17, 15) is 0 Å². The summed E-state index contributed by atoms with van der Waals surface area (Å²) in [5.74, 6) is 0. The molecule has 1 aromatic heterocycles. The molecule has 0 spiro atoms. The molecule has 1 saturated carbocycles. The van der Waals surface area contributed by atoms with Gasteiger partial charge in [0.05, 0.1) is 0 Å². The van der Waals surface area contributed by atoms with Crippen LogP contribution >= 0.6 is 0 Å². The van der Waals surface area contributed by atoms with Crippen molar-refractivity contribution in [2.75, 3.05) is 13.6 Å². The van der Waals surface area contributed by atoms with E-state index < -0.39 is 0 Å². The molecule has 1 heterocycles. The van der Waals surface area contributed by atoms with Crippen LogP contribution in [-0.4, -0.2) is 29.0 Å². The Hall–Kier alpha value is -0.930. The van der Waals surface area contributed by atoms with Crippen molar-refractivity contribution in [3.05, 3.63) is 30.1 Å². The highest BCUT2D eigenvalue weighted by atomic mass is 15.2. The lowest BCUT2D eigenvalue weighted by molar-refractivity contribution is 0.0961. The third-order valence-corrected chi connectivity index (χ3v) is 5.12. The Morgan fingerprint density at radius 2 is 1.85 bits per heavy atom. The van der Waals surface area contributed by atoms with Crippen molar-refractivity contribution in [3.63, 3.8) is 0 Å². The van der Waals surface area contributed by atoms with Gasteiger partial charge in [0, 0.05) is 31.0 Å². The highest BCUT2D eigenvalue weighted by Gasteiger charge is 2.37. The predicted octanol–water partition coefficient (Wildman–Crippen LogP) is 3.20. The van der Waals surface area contributed by atoms with E-state index in [1.165, 1.54) is 37.7 Å². The smallest absolute Gasteiger partial charge is 0.0332 e. The molecule has 0 radical (unpaired) electrons. The first kappa shape index (κ1) is 15.5. The number of rotatable bonds is 4. The summed E-state index contributed by atoms with van der Waals surface area (Å²) in [6, 6.07) is 4.20. The van der Waals surface area contributed by atoms with Crippen LogP contribution in [0.4, 0.5) is 0 Å². The van der Waals surface area contributed by atoms with E-state index in [2.05, 4.69) is 42.9 Å². The molecule has 3 nitrogen and oxygen atoms in total. The van der Waals surface area contributed by atoms with Crippen LogP contribution in [0, 0.1) is 5.41 Å². The quantitative estimate of drug-likeness (QED) is 0.858. The summed E-state index contributed by atoms with van der Waals surface area (Å²) in [4.78, 5) is 6.57. The SMILES string of the molecule is CN(Cc1ccncc1)C1(CN)CCCC(C)(C)CC1. The maximum absolute atomic E-state index is 6.20. The van der Waals surface area contributed by atoms with Crippen LogP contribution < -0.4 is 5.73 Å². The molecule has 20 heavy (non-hydrogen) atoms. The summed E-state index contributed by atoms with van der Waals surface area (Å²) in [5.41, 5.74) is 8.15. The molecular weight excluding hydrogens is 246 g/mol. The van der Waals surface area contributed by atoms with E-state index in [4.69, 9.17) is 5.73 Å². The van der Waals surface area contributed by atoms with Crippen LogP contribution in [0.2, 0.25) is 0 Å². The molecule has 3 heteroatoms. The Kier molecular flexibility index (Phi) is 4.82. The van der Waals surface area contributed by atoms with Crippen molar-refractivity contribution in [1.82, 2.24) is 9.88 Å².